The Balaban J connectivity index is 1.57. The van der Waals surface area contributed by atoms with E-state index in [0.29, 0.717) is 11.1 Å². The molecule has 0 amide bonds. The van der Waals surface area contributed by atoms with E-state index in [1.54, 1.807) is 6.33 Å². The maximum absolute atomic E-state index is 12.9. The van der Waals surface area contributed by atoms with Crippen LogP contribution in [0.4, 0.5) is 5.82 Å². The van der Waals surface area contributed by atoms with Crippen LogP contribution in [0.25, 0.3) is 16.7 Å². The molecule has 1 saturated heterocycles. The molecule has 0 aliphatic carbocycles. The summed E-state index contributed by atoms with van der Waals surface area (Å²) in [5.41, 5.74) is 3.69. The van der Waals surface area contributed by atoms with Gasteiger partial charge in [0, 0.05) is 37.3 Å². The van der Waals surface area contributed by atoms with E-state index in [-0.39, 0.29) is 5.78 Å². The number of hydrogen-bond acceptors (Lipinski definition) is 6. The number of fused-ring (bicyclic) bond motifs is 3. The number of rotatable bonds is 4. The summed E-state index contributed by atoms with van der Waals surface area (Å²) < 4.78 is 1.94. The van der Waals surface area contributed by atoms with Gasteiger partial charge in [-0.05, 0) is 24.7 Å². The van der Waals surface area contributed by atoms with Crippen LogP contribution in [0.15, 0.2) is 54.9 Å². The Labute approximate surface area is 168 Å². The quantitative estimate of drug-likeness (QED) is 0.503. The third-order valence-corrected chi connectivity index (χ3v) is 5.63. The van der Waals surface area contributed by atoms with Crippen LogP contribution >= 0.6 is 0 Å². The van der Waals surface area contributed by atoms with Gasteiger partial charge in [0.05, 0.1) is 11.0 Å². The second kappa shape index (κ2) is 7.25. The van der Waals surface area contributed by atoms with Gasteiger partial charge in [0.15, 0.2) is 11.6 Å². The number of nitrogens with zero attached hydrogens (tertiary/aromatic N) is 6. The van der Waals surface area contributed by atoms with E-state index < -0.39 is 0 Å². The summed E-state index contributed by atoms with van der Waals surface area (Å²) in [4.78, 5) is 22.5. The summed E-state index contributed by atoms with van der Waals surface area (Å²) >= 11 is 0. The Morgan fingerprint density at radius 1 is 1.00 bits per heavy atom. The number of benzene rings is 2. The number of aromatic nitrogens is 4. The van der Waals surface area contributed by atoms with E-state index in [1.165, 1.54) is 0 Å². The molecule has 0 N–H and O–H groups in total. The molecule has 146 valence electrons. The molecule has 0 saturated carbocycles. The average Bonchev–Trinajstić information content (AvgIpc) is 3.29. The van der Waals surface area contributed by atoms with Crippen molar-refractivity contribution < 1.29 is 4.79 Å². The lowest BCUT2D eigenvalue weighted by Gasteiger charge is -2.34. The van der Waals surface area contributed by atoms with Crippen molar-refractivity contribution in [2.75, 3.05) is 37.6 Å². The summed E-state index contributed by atoms with van der Waals surface area (Å²) in [5.74, 6) is 0.848. The fourth-order valence-electron chi connectivity index (χ4n) is 3.92. The first-order chi connectivity index (χ1) is 14.2. The minimum Gasteiger partial charge on any atom is -0.351 e. The molecule has 0 unspecified atom stereocenters. The highest BCUT2D eigenvalue weighted by Gasteiger charge is 2.22. The van der Waals surface area contributed by atoms with Crippen molar-refractivity contribution in [1.29, 1.82) is 0 Å². The van der Waals surface area contributed by atoms with Crippen molar-refractivity contribution in [3.05, 3.63) is 66.0 Å². The predicted octanol–water partition coefficient (Wildman–Crippen LogP) is 2.65. The van der Waals surface area contributed by atoms with Gasteiger partial charge < -0.3 is 9.80 Å². The number of ketones is 1. The first kappa shape index (κ1) is 17.8. The summed E-state index contributed by atoms with van der Waals surface area (Å²) in [6.45, 7) is 7.12. The van der Waals surface area contributed by atoms with Crippen molar-refractivity contribution in [3.8, 4) is 0 Å². The lowest BCUT2D eigenvalue weighted by Crippen LogP contribution is -2.46. The maximum atomic E-state index is 12.9. The highest BCUT2D eigenvalue weighted by molar-refractivity contribution is 6.10. The summed E-state index contributed by atoms with van der Waals surface area (Å²) in [6, 6.07) is 15.0. The van der Waals surface area contributed by atoms with E-state index in [2.05, 4.69) is 26.9 Å². The predicted molar refractivity (Wildman–Crippen MR) is 112 cm³/mol. The maximum Gasteiger partial charge on any atom is 0.204 e. The number of piperazine rings is 1. The molecule has 0 bridgehead atoms. The van der Waals surface area contributed by atoms with Gasteiger partial charge in [-0.3, -0.25) is 9.20 Å². The topological polar surface area (TPSA) is 66.6 Å². The third kappa shape index (κ3) is 3.13. The highest BCUT2D eigenvalue weighted by atomic mass is 16.1. The third-order valence-electron chi connectivity index (χ3n) is 5.63. The van der Waals surface area contributed by atoms with Gasteiger partial charge >= 0.3 is 0 Å². The van der Waals surface area contributed by atoms with Crippen molar-refractivity contribution in [2.45, 2.75) is 6.92 Å². The zero-order valence-corrected chi connectivity index (χ0v) is 16.3. The summed E-state index contributed by atoms with van der Waals surface area (Å²) in [5, 5.41) is 8.45. The molecular formula is C22H22N6O. The number of carbonyl (C=O) groups is 1. The molecule has 0 radical (unpaired) electrons. The molecule has 3 heterocycles. The molecule has 4 aromatic rings. The zero-order chi connectivity index (χ0) is 19.8. The molecule has 2 aromatic carbocycles. The lowest BCUT2D eigenvalue weighted by atomic mass is 10.0. The van der Waals surface area contributed by atoms with Gasteiger partial charge in [-0.25, -0.2) is 4.98 Å². The number of hydrogen-bond donors (Lipinski definition) is 0. The first-order valence-corrected chi connectivity index (χ1v) is 9.95. The van der Waals surface area contributed by atoms with Gasteiger partial charge in [0.2, 0.25) is 5.65 Å². The van der Waals surface area contributed by atoms with Gasteiger partial charge in [0.1, 0.15) is 6.33 Å². The molecule has 2 aromatic heterocycles. The van der Waals surface area contributed by atoms with Crippen LogP contribution in [-0.2, 0) is 0 Å². The van der Waals surface area contributed by atoms with E-state index in [1.807, 2.05) is 52.9 Å². The SMILES string of the molecule is CCN1CCN(c2nc3ccc(C(=O)c4ccccc4)cc3n3cnnc23)CC1. The largest absolute Gasteiger partial charge is 0.351 e. The molecule has 0 spiro atoms. The Morgan fingerprint density at radius 2 is 1.79 bits per heavy atom. The fourth-order valence-corrected chi connectivity index (χ4v) is 3.92. The minimum absolute atomic E-state index is 0.00603. The molecule has 29 heavy (non-hydrogen) atoms. The van der Waals surface area contributed by atoms with Crippen LogP contribution in [0.5, 0.6) is 0 Å². The van der Waals surface area contributed by atoms with Gasteiger partial charge in [-0.15, -0.1) is 10.2 Å². The molecule has 0 atom stereocenters. The van der Waals surface area contributed by atoms with Crippen LogP contribution < -0.4 is 4.90 Å². The Bertz CT molecular complexity index is 1180. The molecular weight excluding hydrogens is 364 g/mol. The Kier molecular flexibility index (Phi) is 4.44. The van der Waals surface area contributed by atoms with Crippen LogP contribution in [0.2, 0.25) is 0 Å². The van der Waals surface area contributed by atoms with Crippen molar-refractivity contribution in [3.63, 3.8) is 0 Å². The molecule has 1 aliphatic heterocycles. The van der Waals surface area contributed by atoms with Crippen LogP contribution in [0.1, 0.15) is 22.8 Å². The molecule has 7 heteroatoms. The summed E-state index contributed by atoms with van der Waals surface area (Å²) in [6.07, 6.45) is 1.70. The van der Waals surface area contributed by atoms with E-state index in [4.69, 9.17) is 4.98 Å². The number of carbonyl (C=O) groups excluding carboxylic acids is 1. The smallest absolute Gasteiger partial charge is 0.204 e. The van der Waals surface area contributed by atoms with Gasteiger partial charge in [-0.2, -0.15) is 0 Å². The normalized spacial score (nSPS) is 15.3. The molecule has 7 nitrogen and oxygen atoms in total. The van der Waals surface area contributed by atoms with Gasteiger partial charge in [-0.1, -0.05) is 37.3 Å². The average molecular weight is 386 g/mol. The van der Waals surface area contributed by atoms with Crippen molar-refractivity contribution in [1.82, 2.24) is 24.5 Å². The van der Waals surface area contributed by atoms with E-state index in [9.17, 15) is 4.79 Å². The summed E-state index contributed by atoms with van der Waals surface area (Å²) in [7, 11) is 0. The standard InChI is InChI=1S/C22H22N6O/c1-2-26-10-12-27(13-11-26)21-22-25-23-15-28(22)19-14-17(8-9-18(19)24-21)20(29)16-6-4-3-5-7-16/h3-9,14-15H,2,10-13H2,1H3. The molecule has 5 rings (SSSR count). The number of likely N-dealkylation sites (N-methyl/N-ethyl adjacent to an activating group) is 1. The fraction of sp³-hybridized carbons (Fsp3) is 0.273. The zero-order valence-electron chi connectivity index (χ0n) is 16.3. The molecule has 1 aliphatic rings. The van der Waals surface area contributed by atoms with Crippen molar-refractivity contribution in [2.24, 2.45) is 0 Å². The van der Waals surface area contributed by atoms with Crippen LogP contribution in [0, 0.1) is 0 Å². The van der Waals surface area contributed by atoms with Gasteiger partial charge in [0.25, 0.3) is 0 Å². The number of anilines is 1. The second-order valence-electron chi connectivity index (χ2n) is 7.28. The second-order valence-corrected chi connectivity index (χ2v) is 7.28. The van der Waals surface area contributed by atoms with E-state index in [0.717, 1.165) is 55.2 Å². The highest BCUT2D eigenvalue weighted by Crippen LogP contribution is 2.25. The van der Waals surface area contributed by atoms with E-state index >= 15 is 0 Å². The van der Waals surface area contributed by atoms with Crippen molar-refractivity contribution >= 4 is 28.3 Å². The van der Waals surface area contributed by atoms with Crippen LogP contribution in [0.3, 0.4) is 0 Å². The van der Waals surface area contributed by atoms with Crippen LogP contribution in [-0.4, -0.2) is 63.0 Å². The first-order valence-electron chi connectivity index (χ1n) is 9.95. The minimum atomic E-state index is -0.00603. The Hall–Kier alpha value is -3.32. The Morgan fingerprint density at radius 3 is 2.55 bits per heavy atom. The molecule has 1 fully saturated rings. The lowest BCUT2D eigenvalue weighted by molar-refractivity contribution is 0.103. The monoisotopic (exact) mass is 386 g/mol.